The number of piperidine rings is 1. The first-order chi connectivity index (χ1) is 9.99. The van der Waals surface area contributed by atoms with Crippen LogP contribution in [0.3, 0.4) is 0 Å². The van der Waals surface area contributed by atoms with Gasteiger partial charge in [0.05, 0.1) is 18.4 Å². The molecule has 3 rings (SSSR count). The number of nitrogens with zero attached hydrogens (tertiary/aromatic N) is 1. The van der Waals surface area contributed by atoms with E-state index in [1.807, 2.05) is 0 Å². The summed E-state index contributed by atoms with van der Waals surface area (Å²) in [6.07, 6.45) is 3.66. The maximum atomic E-state index is 12.1. The summed E-state index contributed by atoms with van der Waals surface area (Å²) in [5, 5.41) is 0. The van der Waals surface area contributed by atoms with Crippen LogP contribution in [0.2, 0.25) is 0 Å². The second kappa shape index (κ2) is 5.09. The van der Waals surface area contributed by atoms with E-state index in [4.69, 9.17) is 10.5 Å². The van der Waals surface area contributed by atoms with Gasteiger partial charge < -0.3 is 10.5 Å². The Morgan fingerprint density at radius 3 is 2.67 bits per heavy atom. The highest BCUT2D eigenvalue weighted by atomic mass is 16.5. The highest BCUT2D eigenvalue weighted by molar-refractivity contribution is 6.08. The van der Waals surface area contributed by atoms with Crippen molar-refractivity contribution in [2.45, 2.75) is 44.6 Å². The average molecular weight is 294 g/mol. The number of hydrogen-bond acceptors (Lipinski definition) is 5. The minimum atomic E-state index is -0.954. The molecule has 21 heavy (non-hydrogen) atoms. The van der Waals surface area contributed by atoms with Gasteiger partial charge in [-0.2, -0.15) is 0 Å². The van der Waals surface area contributed by atoms with Gasteiger partial charge in [0.1, 0.15) is 5.54 Å². The molecule has 0 radical (unpaired) electrons. The van der Waals surface area contributed by atoms with Gasteiger partial charge in [0.25, 0.3) is 0 Å². The summed E-state index contributed by atoms with van der Waals surface area (Å²) >= 11 is 0. The fourth-order valence-corrected chi connectivity index (χ4v) is 3.79. The zero-order valence-corrected chi connectivity index (χ0v) is 12.3. The lowest BCUT2D eigenvalue weighted by atomic mass is 9.85. The molecule has 3 aliphatic rings. The van der Waals surface area contributed by atoms with E-state index in [0.717, 1.165) is 19.3 Å². The van der Waals surface area contributed by atoms with Gasteiger partial charge in [-0.15, -0.1) is 0 Å². The number of nitrogens with two attached hydrogens (primary N) is 1. The summed E-state index contributed by atoms with van der Waals surface area (Å²) in [6, 6.07) is 0. The Labute approximate surface area is 124 Å². The fourth-order valence-electron chi connectivity index (χ4n) is 3.79. The molecule has 6 heteroatoms. The van der Waals surface area contributed by atoms with E-state index in [2.05, 4.69) is 0 Å². The lowest BCUT2D eigenvalue weighted by molar-refractivity contribution is -0.151. The molecule has 6 nitrogen and oxygen atoms in total. The molecular formula is C15H22N2O4. The first-order valence-corrected chi connectivity index (χ1v) is 7.80. The Balaban J connectivity index is 1.61. The molecule has 4 atom stereocenters. The van der Waals surface area contributed by atoms with Gasteiger partial charge >= 0.3 is 5.97 Å². The van der Waals surface area contributed by atoms with Gasteiger partial charge in [-0.3, -0.25) is 19.3 Å². The van der Waals surface area contributed by atoms with Gasteiger partial charge in [0.2, 0.25) is 11.8 Å². The Morgan fingerprint density at radius 1 is 1.38 bits per heavy atom. The Morgan fingerprint density at radius 2 is 2.05 bits per heavy atom. The zero-order valence-electron chi connectivity index (χ0n) is 12.3. The molecule has 0 spiro atoms. The third-order valence-electron chi connectivity index (χ3n) is 5.19. The second-order valence-corrected chi connectivity index (χ2v) is 6.42. The molecule has 2 aliphatic carbocycles. The summed E-state index contributed by atoms with van der Waals surface area (Å²) in [5.41, 5.74) is 5.31. The van der Waals surface area contributed by atoms with Crippen LogP contribution >= 0.6 is 0 Å². The van der Waals surface area contributed by atoms with Crippen LogP contribution in [0, 0.1) is 17.8 Å². The molecule has 2 N–H and O–H groups in total. The summed E-state index contributed by atoms with van der Waals surface area (Å²) in [6.45, 7) is 2.46. The number of fused-ring (bicyclic) bond motifs is 1. The Hall–Kier alpha value is -1.43. The van der Waals surface area contributed by atoms with Crippen LogP contribution in [0.5, 0.6) is 0 Å². The van der Waals surface area contributed by atoms with Gasteiger partial charge in [-0.25, -0.2) is 0 Å². The molecule has 1 heterocycles. The van der Waals surface area contributed by atoms with Crippen molar-refractivity contribution in [3.8, 4) is 0 Å². The summed E-state index contributed by atoms with van der Waals surface area (Å²) in [5.74, 6) is -0.574. The minimum Gasteiger partial charge on any atom is -0.465 e. The van der Waals surface area contributed by atoms with Crippen LogP contribution in [-0.4, -0.2) is 41.4 Å². The summed E-state index contributed by atoms with van der Waals surface area (Å²) < 4.78 is 5.09. The van der Waals surface area contributed by atoms with Crippen molar-refractivity contribution in [2.75, 3.05) is 13.2 Å². The predicted octanol–water partition coefficient (Wildman–Crippen LogP) is 0.442. The van der Waals surface area contributed by atoms with Crippen LogP contribution in [0.4, 0.5) is 0 Å². The van der Waals surface area contributed by atoms with E-state index in [9.17, 15) is 14.4 Å². The smallest absolute Gasteiger partial charge is 0.326 e. The number of likely N-dealkylation sites (tertiary alicyclic amines) is 1. The lowest BCUT2D eigenvalue weighted by Crippen LogP contribution is -2.52. The van der Waals surface area contributed by atoms with Crippen molar-refractivity contribution >= 4 is 17.8 Å². The third kappa shape index (κ3) is 2.25. The topological polar surface area (TPSA) is 89.7 Å². The molecule has 0 bridgehead atoms. The highest BCUT2D eigenvalue weighted by Gasteiger charge is 2.59. The van der Waals surface area contributed by atoms with Crippen molar-refractivity contribution in [3.05, 3.63) is 0 Å². The lowest BCUT2D eigenvalue weighted by Gasteiger charge is -2.30. The summed E-state index contributed by atoms with van der Waals surface area (Å²) in [7, 11) is 0. The highest BCUT2D eigenvalue weighted by Crippen LogP contribution is 2.47. The molecule has 1 saturated heterocycles. The second-order valence-electron chi connectivity index (χ2n) is 6.42. The maximum Gasteiger partial charge on any atom is 0.326 e. The first kappa shape index (κ1) is 14.5. The van der Waals surface area contributed by atoms with Crippen molar-refractivity contribution in [2.24, 2.45) is 23.5 Å². The first-order valence-electron chi connectivity index (χ1n) is 7.80. The van der Waals surface area contributed by atoms with E-state index >= 15 is 0 Å². The van der Waals surface area contributed by atoms with E-state index in [1.54, 1.807) is 6.92 Å². The van der Waals surface area contributed by atoms with Crippen molar-refractivity contribution in [1.82, 2.24) is 4.90 Å². The summed E-state index contributed by atoms with van der Waals surface area (Å²) in [4.78, 5) is 37.3. The molecular weight excluding hydrogens is 272 g/mol. The molecule has 2 saturated carbocycles. The molecule has 116 valence electrons. The van der Waals surface area contributed by atoms with Gasteiger partial charge in [0.15, 0.2) is 0 Å². The van der Waals surface area contributed by atoms with Crippen LogP contribution in [0.15, 0.2) is 0 Å². The standard InChI is InChI=1S/C15H22N2O4/c1-2-21-14(20)15(16)6-3-4-9(15)5-7-17-12(18)10-8-11(10)13(17)19/h9-11H,2-8,16H2,1H3. The molecule has 2 amide bonds. The number of carbonyl (C=O) groups is 3. The number of hydrogen-bond donors (Lipinski definition) is 1. The van der Waals surface area contributed by atoms with Crippen molar-refractivity contribution < 1.29 is 19.1 Å². The Kier molecular flexibility index (Phi) is 3.51. The Bertz CT molecular complexity index is 472. The van der Waals surface area contributed by atoms with Crippen LogP contribution in [0.1, 0.15) is 39.0 Å². The number of ether oxygens (including phenoxy) is 1. The van der Waals surface area contributed by atoms with Gasteiger partial charge in [-0.05, 0) is 38.5 Å². The predicted molar refractivity (Wildman–Crippen MR) is 73.8 cm³/mol. The number of esters is 1. The molecule has 4 unspecified atom stereocenters. The molecule has 1 aliphatic heterocycles. The fraction of sp³-hybridized carbons (Fsp3) is 0.800. The zero-order chi connectivity index (χ0) is 15.2. The molecule has 0 aromatic heterocycles. The van der Waals surface area contributed by atoms with Crippen molar-refractivity contribution in [1.29, 1.82) is 0 Å². The SMILES string of the molecule is CCOC(=O)C1(N)CCCC1CCN1C(=O)C2CC2C1=O. The largest absolute Gasteiger partial charge is 0.465 e. The van der Waals surface area contributed by atoms with Gasteiger partial charge in [0, 0.05) is 6.54 Å². The van der Waals surface area contributed by atoms with Gasteiger partial charge in [-0.1, -0.05) is 6.42 Å². The normalized spacial score (nSPS) is 37.8. The number of amides is 2. The van der Waals surface area contributed by atoms with Crippen LogP contribution in [-0.2, 0) is 19.1 Å². The van der Waals surface area contributed by atoms with E-state index in [0.29, 0.717) is 26.0 Å². The number of carbonyl (C=O) groups excluding carboxylic acids is 3. The molecule has 3 fully saturated rings. The monoisotopic (exact) mass is 294 g/mol. The maximum absolute atomic E-state index is 12.1. The van der Waals surface area contributed by atoms with E-state index in [1.165, 1.54) is 4.90 Å². The van der Waals surface area contributed by atoms with Crippen molar-refractivity contribution in [3.63, 3.8) is 0 Å². The third-order valence-corrected chi connectivity index (χ3v) is 5.19. The quantitative estimate of drug-likeness (QED) is 0.587. The van der Waals surface area contributed by atoms with Crippen LogP contribution in [0.25, 0.3) is 0 Å². The minimum absolute atomic E-state index is 0.0194. The molecule has 0 aromatic rings. The van der Waals surface area contributed by atoms with E-state index in [-0.39, 0.29) is 35.5 Å². The van der Waals surface area contributed by atoms with Crippen LogP contribution < -0.4 is 5.73 Å². The number of rotatable bonds is 5. The van der Waals surface area contributed by atoms with E-state index < -0.39 is 5.54 Å². The molecule has 0 aromatic carbocycles. The number of imide groups is 1. The average Bonchev–Trinajstić information content (AvgIpc) is 3.11.